The molecule has 11 nitrogen and oxygen atoms in total. The minimum absolute atomic E-state index is 0.0982. The van der Waals surface area contributed by atoms with E-state index in [0.29, 0.717) is 32.8 Å². The molecule has 0 bridgehead atoms. The topological polar surface area (TPSA) is 158 Å². The first-order chi connectivity index (χ1) is 28.5. The quantitative estimate of drug-likeness (QED) is 0.132. The SMILES string of the molecule is CS(=O)(=O)c1cccc(-c2ccc(-c3cc(C(=O)Cl)nn3-c3ccccc3Cl)s2)c1.CS(=O)(=O)c1cccc(-c2ccc(-c3cc(C(=O)O)nn3-c3ccccc3Cl)s2)c1. The Bertz CT molecular complexity index is 2960. The number of rotatable bonds is 10. The minimum atomic E-state index is -3.32. The van der Waals surface area contributed by atoms with Crippen molar-refractivity contribution in [1.82, 2.24) is 19.6 Å². The van der Waals surface area contributed by atoms with Crippen LogP contribution in [-0.4, -0.2) is 65.2 Å². The van der Waals surface area contributed by atoms with E-state index in [4.69, 9.17) is 34.8 Å². The highest BCUT2D eigenvalue weighted by atomic mass is 35.5. The van der Waals surface area contributed by atoms with Crippen molar-refractivity contribution in [2.75, 3.05) is 12.5 Å². The van der Waals surface area contributed by atoms with Crippen molar-refractivity contribution in [3.63, 3.8) is 0 Å². The fraction of sp³-hybridized carbons (Fsp3) is 0.0476. The van der Waals surface area contributed by atoms with Gasteiger partial charge in [0.05, 0.1) is 52.4 Å². The standard InChI is InChI=1S/C21H14Cl2N2O3S2.C21H15ClN2O4S2/c1-30(27,28)14-6-4-5-13(11-14)19-9-10-20(29-19)18-12-16(21(23)26)24-25(18)17-8-3-2-7-15(17)22;1-30(27,28)14-6-4-5-13(11-14)19-9-10-20(29-19)18-12-16(21(25)26)23-24(18)17-8-3-2-7-15(17)22/h2-12H,1H3;2-12H,1H3,(H,25,26). The summed E-state index contributed by atoms with van der Waals surface area (Å²) >= 11 is 21.2. The fourth-order valence-electron chi connectivity index (χ4n) is 5.95. The Morgan fingerprint density at radius 2 is 0.950 bits per heavy atom. The summed E-state index contributed by atoms with van der Waals surface area (Å²) in [5.74, 6) is -1.14. The fourth-order valence-corrected chi connectivity index (χ4v) is 9.81. The van der Waals surface area contributed by atoms with Gasteiger partial charge in [0, 0.05) is 28.3 Å². The number of thiophene rings is 2. The normalized spacial score (nSPS) is 11.6. The summed E-state index contributed by atoms with van der Waals surface area (Å²) in [7, 11) is -6.63. The van der Waals surface area contributed by atoms with Crippen LogP contribution >= 0.6 is 57.5 Å². The summed E-state index contributed by atoms with van der Waals surface area (Å²) in [6.07, 6.45) is 2.35. The van der Waals surface area contributed by atoms with E-state index in [9.17, 15) is 31.5 Å². The van der Waals surface area contributed by atoms with Crippen LogP contribution in [0.1, 0.15) is 21.0 Å². The number of carboxylic acid groups (broad SMARTS) is 1. The van der Waals surface area contributed by atoms with Gasteiger partial charge in [-0.25, -0.2) is 31.0 Å². The van der Waals surface area contributed by atoms with Gasteiger partial charge in [0.2, 0.25) is 0 Å². The molecule has 18 heteroatoms. The average Bonchev–Trinajstić information content (AvgIpc) is 4.04. The van der Waals surface area contributed by atoms with Crippen LogP contribution in [0.4, 0.5) is 0 Å². The van der Waals surface area contributed by atoms with Gasteiger partial charge in [-0.05, 0) is 102 Å². The van der Waals surface area contributed by atoms with Gasteiger partial charge in [0.15, 0.2) is 25.4 Å². The van der Waals surface area contributed by atoms with E-state index in [1.807, 2.05) is 42.5 Å². The molecule has 0 aliphatic rings. The molecular formula is C42H29Cl3N4O7S4. The summed E-state index contributed by atoms with van der Waals surface area (Å²) < 4.78 is 50.6. The molecule has 4 aromatic carbocycles. The van der Waals surface area contributed by atoms with Crippen LogP contribution in [0.25, 0.3) is 53.4 Å². The molecule has 0 saturated carbocycles. The van der Waals surface area contributed by atoms with Crippen molar-refractivity contribution < 1.29 is 31.5 Å². The molecule has 4 heterocycles. The number of carbonyl (C=O) groups excluding carboxylic acids is 1. The van der Waals surface area contributed by atoms with Gasteiger partial charge in [-0.15, -0.1) is 22.7 Å². The average molecular weight is 936 g/mol. The molecule has 0 aliphatic carbocycles. The van der Waals surface area contributed by atoms with Crippen LogP contribution < -0.4 is 0 Å². The third-order valence-corrected chi connectivity index (χ3v) is 14.2. The maximum atomic E-state index is 11.9. The van der Waals surface area contributed by atoms with Crippen molar-refractivity contribution in [2.24, 2.45) is 0 Å². The van der Waals surface area contributed by atoms with Crippen LogP contribution in [0, 0.1) is 0 Å². The summed E-state index contributed by atoms with van der Waals surface area (Å²) in [5.41, 5.74) is 3.98. The Labute approximate surface area is 367 Å². The van der Waals surface area contributed by atoms with E-state index in [0.717, 1.165) is 30.6 Å². The second-order valence-corrected chi connectivity index (χ2v) is 20.4. The second-order valence-electron chi connectivity index (χ2n) is 13.1. The lowest BCUT2D eigenvalue weighted by Gasteiger charge is -2.07. The number of carbonyl (C=O) groups is 2. The van der Waals surface area contributed by atoms with Crippen molar-refractivity contribution in [3.8, 4) is 53.4 Å². The van der Waals surface area contributed by atoms with Crippen LogP contribution in [0.2, 0.25) is 10.0 Å². The second kappa shape index (κ2) is 17.3. The maximum Gasteiger partial charge on any atom is 0.356 e. The van der Waals surface area contributed by atoms with Crippen molar-refractivity contribution in [3.05, 3.63) is 155 Å². The first kappa shape index (κ1) is 42.7. The molecule has 0 aliphatic heterocycles. The van der Waals surface area contributed by atoms with Crippen LogP contribution in [-0.2, 0) is 19.7 Å². The Morgan fingerprint density at radius 1 is 0.550 bits per heavy atom. The number of hydrogen-bond acceptors (Lipinski definition) is 10. The Kier molecular flexibility index (Phi) is 12.3. The number of aromatic nitrogens is 4. The van der Waals surface area contributed by atoms with Gasteiger partial charge in [-0.2, -0.15) is 10.2 Å². The van der Waals surface area contributed by atoms with Crippen molar-refractivity contribution >= 4 is 88.4 Å². The molecule has 0 saturated heterocycles. The monoisotopic (exact) mass is 934 g/mol. The smallest absolute Gasteiger partial charge is 0.356 e. The van der Waals surface area contributed by atoms with Gasteiger partial charge in [-0.3, -0.25) is 4.79 Å². The van der Waals surface area contributed by atoms with E-state index in [1.165, 1.54) is 45.9 Å². The van der Waals surface area contributed by atoms with E-state index in [2.05, 4.69) is 10.2 Å². The third-order valence-electron chi connectivity index (χ3n) is 8.81. The van der Waals surface area contributed by atoms with Gasteiger partial charge >= 0.3 is 5.97 Å². The lowest BCUT2D eigenvalue weighted by Crippen LogP contribution is -2.02. The summed E-state index contributed by atoms with van der Waals surface area (Å²) in [4.78, 5) is 27.0. The number of benzene rings is 4. The van der Waals surface area contributed by atoms with E-state index in [-0.39, 0.29) is 21.2 Å². The van der Waals surface area contributed by atoms with Gasteiger partial charge in [0.1, 0.15) is 5.69 Å². The maximum absolute atomic E-state index is 11.9. The predicted molar refractivity (Wildman–Crippen MR) is 238 cm³/mol. The zero-order chi connectivity index (χ0) is 42.9. The highest BCUT2D eigenvalue weighted by Crippen LogP contribution is 2.39. The number of sulfone groups is 2. The number of para-hydroxylation sites is 2. The molecule has 0 spiro atoms. The first-order valence-electron chi connectivity index (χ1n) is 17.4. The Hall–Kier alpha value is -5.39. The molecule has 0 unspecified atom stereocenters. The third kappa shape index (κ3) is 9.32. The highest BCUT2D eigenvalue weighted by molar-refractivity contribution is 7.91. The highest BCUT2D eigenvalue weighted by Gasteiger charge is 2.21. The van der Waals surface area contributed by atoms with Crippen molar-refractivity contribution in [1.29, 1.82) is 0 Å². The number of hydrogen-bond donors (Lipinski definition) is 1. The number of halogens is 3. The minimum Gasteiger partial charge on any atom is -0.476 e. The van der Waals surface area contributed by atoms with Gasteiger partial charge in [0.25, 0.3) is 5.24 Å². The molecule has 0 atom stereocenters. The van der Waals surface area contributed by atoms with Crippen LogP contribution in [0.5, 0.6) is 0 Å². The Balaban J connectivity index is 0.000000181. The van der Waals surface area contributed by atoms with Gasteiger partial charge < -0.3 is 5.11 Å². The van der Waals surface area contributed by atoms with E-state index >= 15 is 0 Å². The lowest BCUT2D eigenvalue weighted by molar-refractivity contribution is 0.0689. The zero-order valence-electron chi connectivity index (χ0n) is 31.2. The lowest BCUT2D eigenvalue weighted by atomic mass is 10.2. The summed E-state index contributed by atoms with van der Waals surface area (Å²) in [6.45, 7) is 0. The molecule has 0 radical (unpaired) electrons. The molecule has 8 rings (SSSR count). The Morgan fingerprint density at radius 3 is 1.35 bits per heavy atom. The van der Waals surface area contributed by atoms with Gasteiger partial charge in [-0.1, -0.05) is 71.7 Å². The molecule has 8 aromatic rings. The van der Waals surface area contributed by atoms with Crippen molar-refractivity contribution in [2.45, 2.75) is 9.79 Å². The predicted octanol–water partition coefficient (Wildman–Crippen LogP) is 10.7. The molecule has 304 valence electrons. The molecular weight excluding hydrogens is 907 g/mol. The summed E-state index contributed by atoms with van der Waals surface area (Å²) in [6, 6.07) is 38.3. The molecule has 1 N–H and O–H groups in total. The zero-order valence-corrected chi connectivity index (χ0v) is 36.7. The molecule has 4 aromatic heterocycles. The molecule has 0 fully saturated rings. The molecule has 0 amide bonds. The molecule has 60 heavy (non-hydrogen) atoms. The largest absolute Gasteiger partial charge is 0.476 e. The van der Waals surface area contributed by atoms with Crippen LogP contribution in [0.15, 0.2) is 143 Å². The van der Waals surface area contributed by atoms with Crippen LogP contribution in [0.3, 0.4) is 0 Å². The summed E-state index contributed by atoms with van der Waals surface area (Å²) in [5, 5.41) is 18.2. The van der Waals surface area contributed by atoms with E-state index < -0.39 is 30.9 Å². The van der Waals surface area contributed by atoms with E-state index in [1.54, 1.807) is 89.6 Å². The number of aromatic carboxylic acids is 1. The number of nitrogens with zero attached hydrogens (tertiary/aromatic N) is 4. The first-order valence-corrected chi connectivity index (χ1v) is 24.0. The number of carboxylic acids is 1.